The van der Waals surface area contributed by atoms with Crippen LogP contribution in [0.2, 0.25) is 0 Å². The molecule has 1 saturated heterocycles. The van der Waals surface area contributed by atoms with Gasteiger partial charge in [0.2, 0.25) is 0 Å². The summed E-state index contributed by atoms with van der Waals surface area (Å²) in [7, 11) is 0. The van der Waals surface area contributed by atoms with Crippen LogP contribution in [0.15, 0.2) is 0 Å². The van der Waals surface area contributed by atoms with Crippen LogP contribution in [0.5, 0.6) is 6.01 Å². The third-order valence-corrected chi connectivity index (χ3v) is 3.44. The van der Waals surface area contributed by atoms with Crippen LogP contribution in [-0.4, -0.2) is 62.8 Å². The van der Waals surface area contributed by atoms with Crippen LogP contribution in [0.1, 0.15) is 20.3 Å². The molecule has 1 atom stereocenters. The number of nitrogens with zero attached hydrogens (tertiary/aromatic N) is 5. The highest BCUT2D eigenvalue weighted by molar-refractivity contribution is 5.83. The van der Waals surface area contributed by atoms with Crippen molar-refractivity contribution in [3.63, 3.8) is 0 Å². The van der Waals surface area contributed by atoms with Gasteiger partial charge < -0.3 is 14.4 Å². The topological polar surface area (TPSA) is 106 Å². The van der Waals surface area contributed by atoms with Crippen molar-refractivity contribution in [1.29, 1.82) is 0 Å². The third kappa shape index (κ3) is 3.72. The van der Waals surface area contributed by atoms with E-state index >= 15 is 0 Å². The zero-order chi connectivity index (χ0) is 18.2. The first kappa shape index (κ1) is 17.2. The largest absolute Gasteiger partial charge is 0.490 e. The molecule has 0 aliphatic carbocycles. The van der Waals surface area contributed by atoms with Crippen molar-refractivity contribution in [2.24, 2.45) is 0 Å². The van der Waals surface area contributed by atoms with Crippen LogP contribution in [0.4, 0.5) is 19.0 Å². The molecule has 2 aromatic rings. The van der Waals surface area contributed by atoms with E-state index in [1.807, 2.05) is 0 Å². The van der Waals surface area contributed by atoms with Crippen LogP contribution in [0.25, 0.3) is 11.2 Å². The molecule has 3 rings (SSSR count). The summed E-state index contributed by atoms with van der Waals surface area (Å²) in [6.07, 6.45) is -5.83. The molecule has 12 heteroatoms. The number of rotatable bonds is 4. The van der Waals surface area contributed by atoms with E-state index in [1.165, 1.54) is 0 Å². The maximum Gasteiger partial charge on any atom is 0.490 e. The first-order chi connectivity index (χ1) is 11.7. The molecule has 0 spiro atoms. The Kier molecular flexibility index (Phi) is 4.35. The molecule has 9 nitrogen and oxygen atoms in total. The molecule has 1 unspecified atom stereocenters. The summed E-state index contributed by atoms with van der Waals surface area (Å²) >= 11 is 0. The maximum absolute atomic E-state index is 12.3. The summed E-state index contributed by atoms with van der Waals surface area (Å²) in [5, 5.41) is 10.2. The van der Waals surface area contributed by atoms with Crippen LogP contribution in [-0.2, 0) is 9.53 Å². The van der Waals surface area contributed by atoms with E-state index in [4.69, 9.17) is 4.74 Å². The normalized spacial score (nSPS) is 18.2. The standard InChI is InChI=1S/C13H15F3N6O3/c1-6(2)24-12-17-9-8(19-21-20-9)10(18-12)22-4-3-7(5-22)25-11(23)13(14,15)16/h6-7H,3-5H2,1-2H3,(H,17,18,19,20,21). The lowest BCUT2D eigenvalue weighted by atomic mass is 10.3. The number of esters is 1. The number of carbonyl (C=O) groups excluding carboxylic acids is 1. The summed E-state index contributed by atoms with van der Waals surface area (Å²) < 4.78 is 46.9. The molecule has 1 N–H and O–H groups in total. The van der Waals surface area contributed by atoms with E-state index in [1.54, 1.807) is 18.7 Å². The van der Waals surface area contributed by atoms with Crippen molar-refractivity contribution in [1.82, 2.24) is 25.4 Å². The van der Waals surface area contributed by atoms with Gasteiger partial charge in [-0.1, -0.05) is 5.21 Å². The molecule has 1 aliphatic rings. The summed E-state index contributed by atoms with van der Waals surface area (Å²) in [5.74, 6) is -1.84. The number of aromatic amines is 1. The quantitative estimate of drug-likeness (QED) is 0.811. The number of H-pyrrole nitrogens is 1. The zero-order valence-electron chi connectivity index (χ0n) is 13.4. The molecular weight excluding hydrogens is 345 g/mol. The molecule has 0 bridgehead atoms. The number of anilines is 1. The number of hydrogen-bond donors (Lipinski definition) is 1. The Morgan fingerprint density at radius 3 is 2.80 bits per heavy atom. The molecule has 1 fully saturated rings. The van der Waals surface area contributed by atoms with Crippen LogP contribution in [0.3, 0.4) is 0 Å². The first-order valence-corrected chi connectivity index (χ1v) is 7.52. The average Bonchev–Trinajstić information content (AvgIpc) is 3.13. The van der Waals surface area contributed by atoms with Gasteiger partial charge >= 0.3 is 18.2 Å². The number of ether oxygens (including phenoxy) is 2. The number of fused-ring (bicyclic) bond motifs is 1. The third-order valence-electron chi connectivity index (χ3n) is 3.44. The van der Waals surface area contributed by atoms with Gasteiger partial charge in [0.25, 0.3) is 0 Å². The summed E-state index contributed by atoms with van der Waals surface area (Å²) in [5.41, 5.74) is 0.704. The number of aromatic nitrogens is 5. The van der Waals surface area contributed by atoms with Crippen molar-refractivity contribution in [3.8, 4) is 6.01 Å². The fraction of sp³-hybridized carbons (Fsp3) is 0.615. The fourth-order valence-electron chi connectivity index (χ4n) is 2.43. The van der Waals surface area contributed by atoms with Gasteiger partial charge in [0, 0.05) is 13.0 Å². The highest BCUT2D eigenvalue weighted by atomic mass is 19.4. The summed E-state index contributed by atoms with van der Waals surface area (Å²) in [6, 6.07) is 0.0966. The van der Waals surface area contributed by atoms with Gasteiger partial charge in [-0.15, -0.1) is 5.10 Å². The number of halogens is 3. The van der Waals surface area contributed by atoms with Gasteiger partial charge in [0.05, 0.1) is 12.6 Å². The van der Waals surface area contributed by atoms with Crippen molar-refractivity contribution in [2.45, 2.75) is 38.7 Å². The molecule has 136 valence electrons. The predicted molar refractivity (Wildman–Crippen MR) is 78.0 cm³/mol. The average molecular weight is 360 g/mol. The Labute approximate surface area is 139 Å². The van der Waals surface area contributed by atoms with Gasteiger partial charge in [0.15, 0.2) is 17.0 Å². The zero-order valence-corrected chi connectivity index (χ0v) is 13.4. The van der Waals surface area contributed by atoms with Gasteiger partial charge in [0.1, 0.15) is 6.10 Å². The van der Waals surface area contributed by atoms with Gasteiger partial charge in [-0.05, 0) is 13.8 Å². The molecule has 0 amide bonds. The molecular formula is C13H15F3N6O3. The second kappa shape index (κ2) is 6.33. The first-order valence-electron chi connectivity index (χ1n) is 7.52. The lowest BCUT2D eigenvalue weighted by Crippen LogP contribution is -2.32. The predicted octanol–water partition coefficient (Wildman–Crippen LogP) is 1.22. The van der Waals surface area contributed by atoms with Crippen molar-refractivity contribution >= 4 is 23.0 Å². The highest BCUT2D eigenvalue weighted by Gasteiger charge is 2.43. The summed E-state index contributed by atoms with van der Waals surface area (Å²) in [6.45, 7) is 4.01. The Hall–Kier alpha value is -2.66. The number of hydrogen-bond acceptors (Lipinski definition) is 8. The van der Waals surface area contributed by atoms with Crippen molar-refractivity contribution < 1.29 is 27.4 Å². The molecule has 2 aromatic heterocycles. The van der Waals surface area contributed by atoms with E-state index in [9.17, 15) is 18.0 Å². The number of alkyl halides is 3. The van der Waals surface area contributed by atoms with Gasteiger partial charge in [-0.25, -0.2) is 9.89 Å². The van der Waals surface area contributed by atoms with Gasteiger partial charge in [-0.2, -0.15) is 23.1 Å². The molecule has 0 saturated carbocycles. The second-order valence-electron chi connectivity index (χ2n) is 5.77. The fourth-order valence-corrected chi connectivity index (χ4v) is 2.43. The lowest BCUT2D eigenvalue weighted by molar-refractivity contribution is -0.203. The van der Waals surface area contributed by atoms with E-state index < -0.39 is 18.2 Å². The molecule has 1 aliphatic heterocycles. The van der Waals surface area contributed by atoms with Crippen molar-refractivity contribution in [3.05, 3.63) is 0 Å². The SMILES string of the molecule is CC(C)Oc1nc(N2CCC(OC(=O)C(F)(F)F)C2)c2nn[nH]c2n1. The highest BCUT2D eigenvalue weighted by Crippen LogP contribution is 2.28. The van der Waals surface area contributed by atoms with E-state index in [-0.39, 0.29) is 25.1 Å². The van der Waals surface area contributed by atoms with Crippen LogP contribution < -0.4 is 9.64 Å². The lowest BCUT2D eigenvalue weighted by Gasteiger charge is -2.18. The molecule has 0 radical (unpaired) electrons. The van der Waals surface area contributed by atoms with E-state index in [2.05, 4.69) is 30.1 Å². The minimum Gasteiger partial charge on any atom is -0.461 e. The summed E-state index contributed by atoms with van der Waals surface area (Å²) in [4.78, 5) is 21.0. The Morgan fingerprint density at radius 1 is 1.36 bits per heavy atom. The second-order valence-corrected chi connectivity index (χ2v) is 5.77. The Bertz CT molecular complexity index is 778. The van der Waals surface area contributed by atoms with Gasteiger partial charge in [-0.3, -0.25) is 0 Å². The monoisotopic (exact) mass is 360 g/mol. The van der Waals surface area contributed by atoms with Crippen LogP contribution in [0, 0.1) is 0 Å². The molecule has 3 heterocycles. The Balaban J connectivity index is 1.80. The van der Waals surface area contributed by atoms with E-state index in [0.717, 1.165) is 0 Å². The molecule has 0 aromatic carbocycles. The number of nitrogens with one attached hydrogen (secondary N) is 1. The van der Waals surface area contributed by atoms with E-state index in [0.29, 0.717) is 23.5 Å². The maximum atomic E-state index is 12.3. The van der Waals surface area contributed by atoms with Crippen molar-refractivity contribution in [2.75, 3.05) is 18.0 Å². The minimum absolute atomic E-state index is 0.0575. The Morgan fingerprint density at radius 2 is 2.12 bits per heavy atom. The van der Waals surface area contributed by atoms with Crippen LogP contribution >= 0.6 is 0 Å². The minimum atomic E-state index is -5.01. The molecule has 25 heavy (non-hydrogen) atoms. The number of carbonyl (C=O) groups is 1. The smallest absolute Gasteiger partial charge is 0.461 e.